The standard InChI is InChI=1S/C27H20O4/c28-19-8-10-21-17(14-19)6-12-23(30)26(21)25(16-4-2-1-3-5-16)27-22-11-9-20(29)15-18(22)7-13-24(27)31/h1-15,25,28-31H. The van der Waals surface area contributed by atoms with Gasteiger partial charge in [-0.25, -0.2) is 0 Å². The Kier molecular flexibility index (Phi) is 4.41. The molecule has 4 heteroatoms. The Morgan fingerprint density at radius 1 is 0.484 bits per heavy atom. The van der Waals surface area contributed by atoms with Gasteiger partial charge in [0.05, 0.1) is 0 Å². The maximum Gasteiger partial charge on any atom is 0.120 e. The molecule has 0 aliphatic rings. The van der Waals surface area contributed by atoms with Gasteiger partial charge in [-0.05, 0) is 63.5 Å². The average Bonchev–Trinajstić information content (AvgIpc) is 2.77. The SMILES string of the molecule is Oc1ccc2c(C(c3ccccc3)c3c(O)ccc4cc(O)ccc34)c(O)ccc2c1. The summed E-state index contributed by atoms with van der Waals surface area (Å²) in [7, 11) is 0. The molecule has 0 aromatic heterocycles. The molecular formula is C27H20O4. The summed E-state index contributed by atoms with van der Waals surface area (Å²) in [6, 6.07) is 26.5. The molecule has 0 saturated carbocycles. The molecule has 5 aromatic rings. The number of benzene rings is 5. The van der Waals surface area contributed by atoms with Crippen LogP contribution in [0.2, 0.25) is 0 Å². The van der Waals surface area contributed by atoms with Crippen molar-refractivity contribution in [3.63, 3.8) is 0 Å². The van der Waals surface area contributed by atoms with Gasteiger partial charge >= 0.3 is 0 Å². The molecule has 5 rings (SSSR count). The van der Waals surface area contributed by atoms with E-state index in [9.17, 15) is 20.4 Å². The van der Waals surface area contributed by atoms with Crippen molar-refractivity contribution in [2.45, 2.75) is 5.92 Å². The monoisotopic (exact) mass is 408 g/mol. The van der Waals surface area contributed by atoms with E-state index in [2.05, 4.69) is 0 Å². The first-order valence-corrected chi connectivity index (χ1v) is 9.97. The van der Waals surface area contributed by atoms with Crippen LogP contribution in [0.1, 0.15) is 22.6 Å². The van der Waals surface area contributed by atoms with Crippen molar-refractivity contribution >= 4 is 21.5 Å². The third-order valence-electron chi connectivity index (χ3n) is 5.75. The Labute approximate surface area is 178 Å². The Balaban J connectivity index is 1.91. The highest BCUT2D eigenvalue weighted by Gasteiger charge is 2.27. The van der Waals surface area contributed by atoms with Gasteiger partial charge in [-0.2, -0.15) is 0 Å². The average molecular weight is 408 g/mol. The minimum absolute atomic E-state index is 0.0993. The first-order chi connectivity index (χ1) is 15.0. The number of rotatable bonds is 3. The zero-order chi connectivity index (χ0) is 21.5. The molecule has 0 aliphatic carbocycles. The smallest absolute Gasteiger partial charge is 0.120 e. The maximum atomic E-state index is 11.0. The summed E-state index contributed by atoms with van der Waals surface area (Å²) in [4.78, 5) is 0. The Morgan fingerprint density at radius 3 is 1.45 bits per heavy atom. The second kappa shape index (κ2) is 7.26. The summed E-state index contributed by atoms with van der Waals surface area (Å²) in [5.74, 6) is -0.0000901. The first kappa shape index (κ1) is 18.8. The lowest BCUT2D eigenvalue weighted by molar-refractivity contribution is 0.460. The summed E-state index contributed by atoms with van der Waals surface area (Å²) in [6.07, 6.45) is 0. The summed E-state index contributed by atoms with van der Waals surface area (Å²) < 4.78 is 0. The van der Waals surface area contributed by atoms with Crippen molar-refractivity contribution in [3.8, 4) is 23.0 Å². The molecule has 0 heterocycles. The highest BCUT2D eigenvalue weighted by atomic mass is 16.3. The molecule has 0 bridgehead atoms. The second-order valence-electron chi connectivity index (χ2n) is 7.65. The van der Waals surface area contributed by atoms with Gasteiger partial charge in [0.1, 0.15) is 23.0 Å². The number of fused-ring (bicyclic) bond motifs is 2. The van der Waals surface area contributed by atoms with Crippen molar-refractivity contribution in [1.29, 1.82) is 0 Å². The molecule has 0 radical (unpaired) electrons. The minimum atomic E-state index is -0.484. The third kappa shape index (κ3) is 3.19. The molecule has 0 amide bonds. The lowest BCUT2D eigenvalue weighted by Gasteiger charge is -2.24. The summed E-state index contributed by atoms with van der Waals surface area (Å²) >= 11 is 0. The first-order valence-electron chi connectivity index (χ1n) is 9.97. The molecule has 0 atom stereocenters. The molecule has 152 valence electrons. The molecule has 4 nitrogen and oxygen atoms in total. The van der Waals surface area contributed by atoms with Crippen LogP contribution < -0.4 is 0 Å². The van der Waals surface area contributed by atoms with Crippen molar-refractivity contribution in [2.75, 3.05) is 0 Å². The van der Waals surface area contributed by atoms with Crippen LogP contribution in [-0.4, -0.2) is 20.4 Å². The number of hydrogen-bond donors (Lipinski definition) is 4. The fourth-order valence-corrected chi connectivity index (χ4v) is 4.39. The Bertz CT molecular complexity index is 1330. The summed E-state index contributed by atoms with van der Waals surface area (Å²) in [5, 5.41) is 45.0. The van der Waals surface area contributed by atoms with E-state index in [4.69, 9.17) is 0 Å². The molecule has 0 aliphatic heterocycles. The Morgan fingerprint density at radius 2 is 0.968 bits per heavy atom. The predicted octanol–water partition coefficient (Wildman–Crippen LogP) is 6.00. The largest absolute Gasteiger partial charge is 0.508 e. The van der Waals surface area contributed by atoms with Gasteiger partial charge in [0.25, 0.3) is 0 Å². The van der Waals surface area contributed by atoms with E-state index in [1.54, 1.807) is 60.7 Å². The fraction of sp³-hybridized carbons (Fsp3) is 0.0370. The van der Waals surface area contributed by atoms with E-state index >= 15 is 0 Å². The molecule has 5 aromatic carbocycles. The highest BCUT2D eigenvalue weighted by molar-refractivity contribution is 5.94. The third-order valence-corrected chi connectivity index (χ3v) is 5.75. The van der Waals surface area contributed by atoms with Crippen LogP contribution in [-0.2, 0) is 0 Å². The van der Waals surface area contributed by atoms with Gasteiger partial charge in [0, 0.05) is 17.0 Å². The van der Waals surface area contributed by atoms with Crippen LogP contribution in [0.25, 0.3) is 21.5 Å². The second-order valence-corrected chi connectivity index (χ2v) is 7.65. The minimum Gasteiger partial charge on any atom is -0.508 e. The van der Waals surface area contributed by atoms with Gasteiger partial charge in [-0.3, -0.25) is 0 Å². The normalized spacial score (nSPS) is 11.4. The van der Waals surface area contributed by atoms with Crippen LogP contribution in [0.5, 0.6) is 23.0 Å². The molecule has 4 N–H and O–H groups in total. The van der Waals surface area contributed by atoms with Crippen LogP contribution in [0, 0.1) is 0 Å². The van der Waals surface area contributed by atoms with E-state index in [1.165, 1.54) is 0 Å². The highest BCUT2D eigenvalue weighted by Crippen LogP contribution is 2.46. The van der Waals surface area contributed by atoms with Gasteiger partial charge in [0.2, 0.25) is 0 Å². The molecule has 31 heavy (non-hydrogen) atoms. The van der Waals surface area contributed by atoms with Crippen molar-refractivity contribution in [2.24, 2.45) is 0 Å². The van der Waals surface area contributed by atoms with Crippen LogP contribution in [0.15, 0.2) is 91.0 Å². The van der Waals surface area contributed by atoms with Gasteiger partial charge < -0.3 is 20.4 Å². The quantitative estimate of drug-likeness (QED) is 0.276. The molecular weight excluding hydrogens is 388 g/mol. The van der Waals surface area contributed by atoms with E-state index in [0.29, 0.717) is 11.1 Å². The number of hydrogen-bond acceptors (Lipinski definition) is 4. The van der Waals surface area contributed by atoms with Gasteiger partial charge in [-0.15, -0.1) is 0 Å². The molecule has 0 saturated heterocycles. The van der Waals surface area contributed by atoms with Gasteiger partial charge in [-0.1, -0.05) is 54.6 Å². The molecule has 0 fully saturated rings. The predicted molar refractivity (Wildman–Crippen MR) is 122 cm³/mol. The lowest BCUT2D eigenvalue weighted by atomic mass is 9.80. The van der Waals surface area contributed by atoms with Crippen LogP contribution in [0.3, 0.4) is 0 Å². The number of phenols is 4. The maximum absolute atomic E-state index is 11.0. The van der Waals surface area contributed by atoms with Crippen LogP contribution >= 0.6 is 0 Å². The van der Waals surface area contributed by atoms with Crippen molar-refractivity contribution < 1.29 is 20.4 Å². The lowest BCUT2D eigenvalue weighted by Crippen LogP contribution is -2.06. The zero-order valence-corrected chi connectivity index (χ0v) is 16.5. The fourth-order valence-electron chi connectivity index (χ4n) is 4.39. The van der Waals surface area contributed by atoms with E-state index < -0.39 is 5.92 Å². The number of phenolic OH excluding ortho intramolecular Hbond substituents is 4. The molecule has 0 spiro atoms. The van der Waals surface area contributed by atoms with Crippen LogP contribution in [0.4, 0.5) is 0 Å². The van der Waals surface area contributed by atoms with Crippen molar-refractivity contribution in [3.05, 3.63) is 108 Å². The summed E-state index contributed by atoms with van der Waals surface area (Å²) in [6.45, 7) is 0. The van der Waals surface area contributed by atoms with Gasteiger partial charge in [0.15, 0.2) is 0 Å². The van der Waals surface area contributed by atoms with E-state index in [-0.39, 0.29) is 23.0 Å². The number of aromatic hydroxyl groups is 4. The topological polar surface area (TPSA) is 80.9 Å². The molecule has 0 unspecified atom stereocenters. The van der Waals surface area contributed by atoms with Crippen molar-refractivity contribution in [1.82, 2.24) is 0 Å². The Hall–Kier alpha value is -4.18. The zero-order valence-electron chi connectivity index (χ0n) is 16.5. The van der Waals surface area contributed by atoms with E-state index in [0.717, 1.165) is 27.1 Å². The van der Waals surface area contributed by atoms with E-state index in [1.807, 2.05) is 30.3 Å². The summed E-state index contributed by atoms with van der Waals surface area (Å²) in [5.41, 5.74) is 2.17.